The van der Waals surface area contributed by atoms with Gasteiger partial charge < -0.3 is 23.9 Å². The predicted molar refractivity (Wildman–Crippen MR) is 89.2 cm³/mol. The van der Waals surface area contributed by atoms with Gasteiger partial charge in [-0.05, 0) is 23.8 Å². The summed E-state index contributed by atoms with van der Waals surface area (Å²) in [6.07, 6.45) is 0. The van der Waals surface area contributed by atoms with Crippen LogP contribution in [0.1, 0.15) is 16.1 Å². The van der Waals surface area contributed by atoms with Crippen LogP contribution in [-0.4, -0.2) is 17.3 Å². The van der Waals surface area contributed by atoms with E-state index in [2.05, 4.69) is 0 Å². The van der Waals surface area contributed by atoms with E-state index in [0.29, 0.717) is 33.0 Å². The molecule has 8 heteroatoms. The zero-order chi connectivity index (χ0) is 17.6. The monoisotopic (exact) mass is 395 g/mol. The van der Waals surface area contributed by atoms with Crippen LogP contribution in [0.15, 0.2) is 47.3 Å². The SMILES string of the molecule is O=C([O-])c1cc(=O)c2ccccc2n1Cc1cc2c(cc1Cl)OCO2.[K+]. The topological polar surface area (TPSA) is 80.6 Å². The van der Waals surface area contributed by atoms with Gasteiger partial charge in [-0.3, -0.25) is 4.79 Å². The Labute approximate surface area is 195 Å². The largest absolute Gasteiger partial charge is 1.00 e. The Kier molecular flexibility index (Phi) is 5.76. The molecule has 0 spiro atoms. The number of rotatable bonds is 3. The third-order valence-corrected chi connectivity index (χ3v) is 4.45. The molecule has 0 amide bonds. The average molecular weight is 396 g/mol. The molecule has 0 N–H and O–H groups in total. The van der Waals surface area contributed by atoms with E-state index in [1.807, 2.05) is 0 Å². The Balaban J connectivity index is 0.00000196. The van der Waals surface area contributed by atoms with Gasteiger partial charge in [0.25, 0.3) is 0 Å². The van der Waals surface area contributed by atoms with Crippen LogP contribution < -0.4 is 71.4 Å². The molecule has 0 fully saturated rings. The molecule has 126 valence electrons. The summed E-state index contributed by atoms with van der Waals surface area (Å²) in [5.74, 6) is -0.349. The molecule has 3 aromatic rings. The van der Waals surface area contributed by atoms with Gasteiger partial charge in [-0.2, -0.15) is 0 Å². The Morgan fingerprint density at radius 2 is 1.85 bits per heavy atom. The molecule has 0 bridgehead atoms. The summed E-state index contributed by atoms with van der Waals surface area (Å²) in [5.41, 5.74) is 0.547. The first-order chi connectivity index (χ1) is 12.0. The number of carboxylic acids is 1. The van der Waals surface area contributed by atoms with Gasteiger partial charge in [0.1, 0.15) is 0 Å². The van der Waals surface area contributed by atoms with Crippen molar-refractivity contribution in [1.29, 1.82) is 0 Å². The number of para-hydroxylation sites is 1. The van der Waals surface area contributed by atoms with Crippen LogP contribution in [0.4, 0.5) is 0 Å². The molecule has 0 aliphatic carbocycles. The summed E-state index contributed by atoms with van der Waals surface area (Å²) in [6.45, 7) is 0.250. The maximum absolute atomic E-state index is 12.2. The number of hydrogen-bond acceptors (Lipinski definition) is 5. The Bertz CT molecular complexity index is 1080. The first-order valence-corrected chi connectivity index (χ1v) is 7.84. The Morgan fingerprint density at radius 3 is 2.58 bits per heavy atom. The average Bonchev–Trinajstić information content (AvgIpc) is 3.04. The second-order valence-corrected chi connectivity index (χ2v) is 5.99. The van der Waals surface area contributed by atoms with E-state index in [1.165, 1.54) is 4.57 Å². The van der Waals surface area contributed by atoms with E-state index in [1.54, 1.807) is 36.4 Å². The molecular formula is C18H11ClKNO5. The van der Waals surface area contributed by atoms with Gasteiger partial charge in [-0.25, -0.2) is 0 Å². The van der Waals surface area contributed by atoms with Crippen molar-refractivity contribution in [1.82, 2.24) is 4.57 Å². The molecule has 0 saturated heterocycles. The first kappa shape index (κ1) is 19.4. The zero-order valence-corrected chi connectivity index (χ0v) is 17.7. The van der Waals surface area contributed by atoms with Gasteiger partial charge in [0, 0.05) is 29.1 Å². The molecule has 0 saturated carbocycles. The number of hydrogen-bond donors (Lipinski definition) is 0. The minimum Gasteiger partial charge on any atom is -0.543 e. The van der Waals surface area contributed by atoms with Crippen molar-refractivity contribution in [2.75, 3.05) is 6.79 Å². The van der Waals surface area contributed by atoms with Gasteiger partial charge in [0.15, 0.2) is 16.9 Å². The molecule has 0 atom stereocenters. The molecule has 1 aliphatic rings. The number of halogens is 1. The van der Waals surface area contributed by atoms with Crippen LogP contribution in [0.5, 0.6) is 11.5 Å². The summed E-state index contributed by atoms with van der Waals surface area (Å²) < 4.78 is 12.1. The second-order valence-electron chi connectivity index (χ2n) is 5.58. The fourth-order valence-electron chi connectivity index (χ4n) is 2.92. The van der Waals surface area contributed by atoms with Gasteiger partial charge >= 0.3 is 51.4 Å². The van der Waals surface area contributed by atoms with E-state index in [9.17, 15) is 14.7 Å². The minimum atomic E-state index is -1.43. The number of pyridine rings is 1. The number of aromatic carboxylic acids is 1. The summed E-state index contributed by atoms with van der Waals surface area (Å²) in [4.78, 5) is 23.7. The number of nitrogens with zero attached hydrogens (tertiary/aromatic N) is 1. The van der Waals surface area contributed by atoms with Crippen molar-refractivity contribution in [2.45, 2.75) is 6.54 Å². The van der Waals surface area contributed by atoms with E-state index in [-0.39, 0.29) is 75.8 Å². The number of carbonyl (C=O) groups excluding carboxylic acids is 1. The molecule has 2 aromatic carbocycles. The van der Waals surface area contributed by atoms with Crippen molar-refractivity contribution in [3.8, 4) is 11.5 Å². The van der Waals surface area contributed by atoms with Crippen molar-refractivity contribution >= 4 is 28.5 Å². The van der Waals surface area contributed by atoms with Gasteiger partial charge in [0.2, 0.25) is 6.79 Å². The molecule has 1 aromatic heterocycles. The molecule has 0 radical (unpaired) electrons. The molecule has 6 nitrogen and oxygen atoms in total. The number of carboxylic acid groups (broad SMARTS) is 1. The van der Waals surface area contributed by atoms with Gasteiger partial charge in [-0.1, -0.05) is 23.7 Å². The molecule has 0 unspecified atom stereocenters. The van der Waals surface area contributed by atoms with Crippen LogP contribution in [0.3, 0.4) is 0 Å². The maximum atomic E-state index is 12.2. The summed E-state index contributed by atoms with van der Waals surface area (Å²) >= 11 is 6.30. The Morgan fingerprint density at radius 1 is 1.15 bits per heavy atom. The zero-order valence-electron chi connectivity index (χ0n) is 13.8. The smallest absolute Gasteiger partial charge is 0.543 e. The van der Waals surface area contributed by atoms with Crippen LogP contribution in [0.25, 0.3) is 10.9 Å². The standard InChI is InChI=1S/C18H12ClNO5.K/c19-12-6-17-16(24-9-25-17)5-10(12)8-20-13-4-2-1-3-11(13)15(21)7-14(20)18(22)23;/h1-7H,8-9H2,(H,22,23);/q;+1/p-1. The molecular weight excluding hydrogens is 385 g/mol. The minimum absolute atomic E-state index is 0. The van der Waals surface area contributed by atoms with E-state index >= 15 is 0 Å². The van der Waals surface area contributed by atoms with E-state index in [0.717, 1.165) is 6.07 Å². The second kappa shape index (κ2) is 7.72. The Hall–Kier alpha value is -1.35. The summed E-state index contributed by atoms with van der Waals surface area (Å²) in [5, 5.41) is 12.4. The molecule has 26 heavy (non-hydrogen) atoms. The number of fused-ring (bicyclic) bond motifs is 2. The van der Waals surface area contributed by atoms with E-state index < -0.39 is 5.97 Å². The summed E-state index contributed by atoms with van der Waals surface area (Å²) in [6, 6.07) is 11.2. The van der Waals surface area contributed by atoms with Crippen LogP contribution in [-0.2, 0) is 6.54 Å². The van der Waals surface area contributed by atoms with E-state index in [4.69, 9.17) is 21.1 Å². The van der Waals surface area contributed by atoms with Crippen molar-refractivity contribution < 1.29 is 70.8 Å². The fourth-order valence-corrected chi connectivity index (χ4v) is 3.13. The molecule has 1 aliphatic heterocycles. The van der Waals surface area contributed by atoms with Crippen molar-refractivity contribution in [2.24, 2.45) is 0 Å². The van der Waals surface area contributed by atoms with Gasteiger partial charge in [0.05, 0.1) is 17.2 Å². The quantitative estimate of drug-likeness (QED) is 0.520. The van der Waals surface area contributed by atoms with Crippen molar-refractivity contribution in [3.63, 3.8) is 0 Å². The van der Waals surface area contributed by atoms with Crippen LogP contribution in [0.2, 0.25) is 5.02 Å². The van der Waals surface area contributed by atoms with Crippen LogP contribution in [0, 0.1) is 0 Å². The predicted octanol–water partition coefficient (Wildman–Crippen LogP) is -1.20. The third kappa shape index (κ3) is 3.43. The number of benzene rings is 2. The first-order valence-electron chi connectivity index (χ1n) is 7.46. The van der Waals surface area contributed by atoms with Crippen LogP contribution >= 0.6 is 11.6 Å². The van der Waals surface area contributed by atoms with Crippen molar-refractivity contribution in [3.05, 3.63) is 69.0 Å². The molecule has 2 heterocycles. The number of carbonyl (C=O) groups is 1. The third-order valence-electron chi connectivity index (χ3n) is 4.10. The maximum Gasteiger partial charge on any atom is 1.00 e. The normalized spacial score (nSPS) is 12.0. The summed E-state index contributed by atoms with van der Waals surface area (Å²) in [7, 11) is 0. The number of aromatic nitrogens is 1. The molecule has 4 rings (SSSR count). The number of ether oxygens (including phenoxy) is 2. The van der Waals surface area contributed by atoms with Gasteiger partial charge in [-0.15, -0.1) is 0 Å². The fraction of sp³-hybridized carbons (Fsp3) is 0.111.